The van der Waals surface area contributed by atoms with Crippen LogP contribution in [0.15, 0.2) is 23.4 Å². The zero-order valence-corrected chi connectivity index (χ0v) is 13.7. The van der Waals surface area contributed by atoms with Crippen molar-refractivity contribution in [3.63, 3.8) is 0 Å². The fourth-order valence-corrected chi connectivity index (χ4v) is 3.87. The lowest BCUT2D eigenvalue weighted by atomic mass is 10.1. The molecular formula is C14H24N4O2S. The van der Waals surface area contributed by atoms with Crippen molar-refractivity contribution >= 4 is 15.7 Å². The van der Waals surface area contributed by atoms with Gasteiger partial charge in [-0.1, -0.05) is 0 Å². The van der Waals surface area contributed by atoms with E-state index < -0.39 is 10.0 Å². The van der Waals surface area contributed by atoms with E-state index in [1.165, 1.54) is 6.20 Å². The number of anilines is 1. The molecule has 1 atom stereocenters. The molecule has 7 heteroatoms. The van der Waals surface area contributed by atoms with Crippen LogP contribution in [-0.2, 0) is 10.0 Å². The van der Waals surface area contributed by atoms with Crippen molar-refractivity contribution in [2.24, 2.45) is 5.92 Å². The monoisotopic (exact) mass is 312 g/mol. The number of sulfonamides is 1. The molecule has 1 saturated heterocycles. The third-order valence-corrected chi connectivity index (χ3v) is 5.40. The predicted octanol–water partition coefficient (Wildman–Crippen LogP) is 1.13. The fourth-order valence-electron chi connectivity index (χ4n) is 2.60. The molecule has 0 aromatic carbocycles. The maximum atomic E-state index is 12.4. The summed E-state index contributed by atoms with van der Waals surface area (Å²) in [5, 5.41) is 2.88. The van der Waals surface area contributed by atoms with Crippen molar-refractivity contribution in [1.29, 1.82) is 0 Å². The van der Waals surface area contributed by atoms with Gasteiger partial charge >= 0.3 is 0 Å². The second-order valence-electron chi connectivity index (χ2n) is 5.72. The van der Waals surface area contributed by atoms with Gasteiger partial charge in [-0.3, -0.25) is 4.98 Å². The zero-order chi connectivity index (χ0) is 15.5. The van der Waals surface area contributed by atoms with Gasteiger partial charge in [-0.2, -0.15) is 0 Å². The summed E-state index contributed by atoms with van der Waals surface area (Å²) in [6, 6.07) is 2.17. The van der Waals surface area contributed by atoms with E-state index in [-0.39, 0.29) is 4.90 Å². The summed E-state index contributed by atoms with van der Waals surface area (Å²) >= 11 is 0. The van der Waals surface area contributed by atoms with Crippen molar-refractivity contribution in [2.75, 3.05) is 32.0 Å². The van der Waals surface area contributed by atoms with Crippen LogP contribution >= 0.6 is 0 Å². The first-order valence-corrected chi connectivity index (χ1v) is 8.78. The maximum Gasteiger partial charge on any atom is 0.244 e. The van der Waals surface area contributed by atoms with Crippen molar-refractivity contribution < 1.29 is 8.42 Å². The van der Waals surface area contributed by atoms with E-state index in [1.807, 2.05) is 0 Å². The molecule has 6 nitrogen and oxygen atoms in total. The quantitative estimate of drug-likeness (QED) is 0.824. The molecule has 0 bridgehead atoms. The Hall–Kier alpha value is -1.18. The summed E-state index contributed by atoms with van der Waals surface area (Å²) in [7, 11) is -1.82. The number of likely N-dealkylation sites (tertiary alicyclic amines) is 1. The van der Waals surface area contributed by atoms with Gasteiger partial charge in [-0.25, -0.2) is 13.1 Å². The number of aromatic nitrogens is 1. The highest BCUT2D eigenvalue weighted by molar-refractivity contribution is 7.89. The molecule has 0 spiro atoms. The molecule has 2 rings (SSSR count). The summed E-state index contributed by atoms with van der Waals surface area (Å²) in [6.45, 7) is 6.80. The van der Waals surface area contributed by atoms with Crippen LogP contribution in [0.5, 0.6) is 0 Å². The number of hydrogen-bond donors (Lipinski definition) is 2. The third kappa shape index (κ3) is 3.93. The first-order chi connectivity index (χ1) is 9.94. The van der Waals surface area contributed by atoms with E-state index in [1.54, 1.807) is 19.3 Å². The van der Waals surface area contributed by atoms with Crippen LogP contribution in [0.3, 0.4) is 0 Å². The highest BCUT2D eigenvalue weighted by Gasteiger charge is 2.26. The Morgan fingerprint density at radius 3 is 2.86 bits per heavy atom. The van der Waals surface area contributed by atoms with Crippen molar-refractivity contribution in [3.8, 4) is 0 Å². The summed E-state index contributed by atoms with van der Waals surface area (Å²) in [4.78, 5) is 6.48. The second-order valence-corrected chi connectivity index (χ2v) is 7.45. The SMILES string of the molecule is CNc1ccncc1S(=O)(=O)NCC1CCN(C(C)C)C1. The van der Waals surface area contributed by atoms with E-state index >= 15 is 0 Å². The summed E-state index contributed by atoms with van der Waals surface area (Å²) < 4.78 is 27.5. The summed E-state index contributed by atoms with van der Waals surface area (Å²) in [5.74, 6) is 0.372. The minimum Gasteiger partial charge on any atom is -0.387 e. The van der Waals surface area contributed by atoms with Crippen molar-refractivity contribution in [3.05, 3.63) is 18.5 Å². The van der Waals surface area contributed by atoms with Gasteiger partial charge in [0.15, 0.2) is 0 Å². The normalized spacial score (nSPS) is 20.1. The average Bonchev–Trinajstić information content (AvgIpc) is 2.94. The minimum atomic E-state index is -3.52. The number of nitrogens with zero attached hydrogens (tertiary/aromatic N) is 2. The van der Waals surface area contributed by atoms with Crippen molar-refractivity contribution in [1.82, 2.24) is 14.6 Å². The van der Waals surface area contributed by atoms with Crippen LogP contribution in [0.1, 0.15) is 20.3 Å². The van der Waals surface area contributed by atoms with Gasteiger partial charge in [-0.15, -0.1) is 0 Å². The molecule has 0 saturated carbocycles. The lowest BCUT2D eigenvalue weighted by Gasteiger charge is -2.20. The Morgan fingerprint density at radius 2 is 2.24 bits per heavy atom. The standard InChI is InChI=1S/C14H24N4O2S/c1-11(2)18-7-5-12(10-18)8-17-21(19,20)14-9-16-6-4-13(14)15-3/h4,6,9,11-12,17H,5,7-8,10H2,1-3H3,(H,15,16). The number of nitrogens with one attached hydrogen (secondary N) is 2. The van der Waals surface area contributed by atoms with E-state index in [4.69, 9.17) is 0 Å². The molecule has 1 aromatic rings. The highest BCUT2D eigenvalue weighted by atomic mass is 32.2. The fraction of sp³-hybridized carbons (Fsp3) is 0.643. The first-order valence-electron chi connectivity index (χ1n) is 7.29. The van der Waals surface area contributed by atoms with Crippen LogP contribution in [0.25, 0.3) is 0 Å². The van der Waals surface area contributed by atoms with Gasteiger partial charge < -0.3 is 10.2 Å². The van der Waals surface area contributed by atoms with Crippen LogP contribution < -0.4 is 10.0 Å². The van der Waals surface area contributed by atoms with E-state index in [9.17, 15) is 8.42 Å². The summed E-state index contributed by atoms with van der Waals surface area (Å²) in [6.07, 6.45) is 3.98. The number of pyridine rings is 1. The van der Waals surface area contributed by atoms with Gasteiger partial charge in [0, 0.05) is 38.6 Å². The molecule has 1 fully saturated rings. The van der Waals surface area contributed by atoms with Gasteiger partial charge in [0.1, 0.15) is 4.90 Å². The molecule has 21 heavy (non-hydrogen) atoms. The van der Waals surface area contributed by atoms with E-state index in [0.717, 1.165) is 19.5 Å². The molecule has 0 amide bonds. The van der Waals surface area contributed by atoms with Crippen LogP contribution in [0, 0.1) is 5.92 Å². The molecule has 1 aliphatic heterocycles. The molecule has 0 aliphatic carbocycles. The van der Waals surface area contributed by atoms with Gasteiger partial charge in [0.2, 0.25) is 10.0 Å². The molecule has 1 aliphatic rings. The van der Waals surface area contributed by atoms with Gasteiger partial charge in [0.25, 0.3) is 0 Å². The first kappa shape index (κ1) is 16.2. The number of rotatable bonds is 6. The van der Waals surface area contributed by atoms with Crippen LogP contribution in [-0.4, -0.2) is 51.0 Å². The Balaban J connectivity index is 1.99. The van der Waals surface area contributed by atoms with E-state index in [2.05, 4.69) is 33.8 Å². The Kier molecular flexibility index (Phi) is 5.18. The minimum absolute atomic E-state index is 0.200. The topological polar surface area (TPSA) is 74.3 Å². The number of hydrogen-bond acceptors (Lipinski definition) is 5. The predicted molar refractivity (Wildman–Crippen MR) is 83.8 cm³/mol. The Bertz CT molecular complexity index is 574. The molecule has 0 radical (unpaired) electrons. The molecule has 1 aromatic heterocycles. The van der Waals surface area contributed by atoms with Crippen LogP contribution in [0.4, 0.5) is 5.69 Å². The zero-order valence-electron chi connectivity index (χ0n) is 12.8. The highest BCUT2D eigenvalue weighted by Crippen LogP contribution is 2.21. The molecule has 2 heterocycles. The largest absolute Gasteiger partial charge is 0.387 e. The van der Waals surface area contributed by atoms with Crippen LogP contribution in [0.2, 0.25) is 0 Å². The lowest BCUT2D eigenvalue weighted by molar-refractivity contribution is 0.265. The molecular weight excluding hydrogens is 288 g/mol. The van der Waals surface area contributed by atoms with E-state index in [0.29, 0.717) is 24.2 Å². The second kappa shape index (κ2) is 6.72. The Morgan fingerprint density at radius 1 is 1.48 bits per heavy atom. The third-order valence-electron chi connectivity index (χ3n) is 3.95. The average molecular weight is 312 g/mol. The smallest absolute Gasteiger partial charge is 0.244 e. The molecule has 2 N–H and O–H groups in total. The maximum absolute atomic E-state index is 12.4. The Labute approximate surface area is 127 Å². The molecule has 118 valence electrons. The summed E-state index contributed by atoms with van der Waals surface area (Å²) in [5.41, 5.74) is 0.563. The van der Waals surface area contributed by atoms with Crippen molar-refractivity contribution in [2.45, 2.75) is 31.2 Å². The van der Waals surface area contributed by atoms with Gasteiger partial charge in [-0.05, 0) is 38.8 Å². The molecule has 1 unspecified atom stereocenters. The van der Waals surface area contributed by atoms with Gasteiger partial charge in [0.05, 0.1) is 5.69 Å². The lowest BCUT2D eigenvalue weighted by Crippen LogP contribution is -2.33.